The molecule has 1 aliphatic rings. The standard InChI is InChI=1S/C20H32FN5O5Si/c1-10(2)16(28)24-19-23-15-13(17(29)25-19)22-9-26(15)18-14(27)12(21)11(31-18)8-30-32(6,7)20(3,4)5/h9-12,14,18,27H,8H2,1-7H3,(H2,23,24,25,28,29)/t11?,12-,14+,18+/m0/s1. The predicted octanol–water partition coefficient (Wildman–Crippen LogP) is 2.33. The molecule has 3 heterocycles. The SMILES string of the molecule is CC(C)C(=O)Nc1nc2c(ncn2[C@@H]2OC(CO[Si](C)(C)C(C)(C)C)[C@H](F)[C@H]2O)c(=O)[nH]1. The summed E-state index contributed by atoms with van der Waals surface area (Å²) in [4.78, 5) is 35.1. The second kappa shape index (κ2) is 8.65. The fraction of sp³-hybridized carbons (Fsp3) is 0.700. The van der Waals surface area contributed by atoms with Gasteiger partial charge in [0, 0.05) is 5.92 Å². The van der Waals surface area contributed by atoms with Gasteiger partial charge in [-0.05, 0) is 18.1 Å². The molecule has 1 fully saturated rings. The van der Waals surface area contributed by atoms with Crippen LogP contribution >= 0.6 is 0 Å². The topological polar surface area (TPSA) is 131 Å². The van der Waals surface area contributed by atoms with Gasteiger partial charge in [-0.1, -0.05) is 34.6 Å². The molecule has 3 N–H and O–H groups in total. The van der Waals surface area contributed by atoms with Crippen molar-refractivity contribution < 1.29 is 23.5 Å². The third kappa shape index (κ3) is 4.63. The number of amides is 1. The highest BCUT2D eigenvalue weighted by Crippen LogP contribution is 2.38. The minimum atomic E-state index is -2.14. The minimum Gasteiger partial charge on any atom is -0.414 e. The lowest BCUT2D eigenvalue weighted by atomic mass is 10.1. The maximum Gasteiger partial charge on any atom is 0.280 e. The molecule has 2 aromatic heterocycles. The van der Waals surface area contributed by atoms with Crippen molar-refractivity contribution in [2.24, 2.45) is 5.92 Å². The van der Waals surface area contributed by atoms with Gasteiger partial charge in [-0.2, -0.15) is 4.98 Å². The second-order valence-electron chi connectivity index (χ2n) is 9.95. The normalized spacial score (nSPS) is 24.4. The van der Waals surface area contributed by atoms with E-state index in [0.29, 0.717) is 0 Å². The van der Waals surface area contributed by atoms with Crippen LogP contribution in [0.3, 0.4) is 0 Å². The molecular weight excluding hydrogens is 437 g/mol. The van der Waals surface area contributed by atoms with Crippen LogP contribution in [0.15, 0.2) is 11.1 Å². The van der Waals surface area contributed by atoms with E-state index < -0.39 is 38.5 Å². The van der Waals surface area contributed by atoms with E-state index in [1.54, 1.807) is 13.8 Å². The number of aliphatic hydroxyl groups is 1. The van der Waals surface area contributed by atoms with Gasteiger partial charge in [-0.15, -0.1) is 0 Å². The number of nitrogens with one attached hydrogen (secondary N) is 2. The largest absolute Gasteiger partial charge is 0.414 e. The number of hydrogen-bond acceptors (Lipinski definition) is 7. The quantitative estimate of drug-likeness (QED) is 0.553. The fourth-order valence-corrected chi connectivity index (χ4v) is 4.03. The number of hydrogen-bond donors (Lipinski definition) is 3. The van der Waals surface area contributed by atoms with Gasteiger partial charge >= 0.3 is 0 Å². The Morgan fingerprint density at radius 3 is 2.69 bits per heavy atom. The number of anilines is 1. The Hall–Kier alpha value is -2.15. The zero-order valence-electron chi connectivity index (χ0n) is 19.5. The Bertz CT molecular complexity index is 1050. The van der Waals surface area contributed by atoms with Crippen LogP contribution in [0.5, 0.6) is 0 Å². The lowest BCUT2D eigenvalue weighted by molar-refractivity contribution is -0.118. The van der Waals surface area contributed by atoms with E-state index in [1.165, 1.54) is 10.9 Å². The Labute approximate surface area is 186 Å². The maximum absolute atomic E-state index is 14.9. The number of imidazole rings is 1. The fourth-order valence-electron chi connectivity index (χ4n) is 3.01. The van der Waals surface area contributed by atoms with Crippen molar-refractivity contribution in [2.45, 2.75) is 77.4 Å². The van der Waals surface area contributed by atoms with Crippen LogP contribution in [0.2, 0.25) is 18.1 Å². The van der Waals surface area contributed by atoms with Gasteiger partial charge < -0.3 is 14.3 Å². The molecule has 32 heavy (non-hydrogen) atoms. The zero-order valence-corrected chi connectivity index (χ0v) is 20.5. The number of ether oxygens (including phenoxy) is 1. The van der Waals surface area contributed by atoms with Crippen molar-refractivity contribution in [3.05, 3.63) is 16.7 Å². The smallest absolute Gasteiger partial charge is 0.280 e. The van der Waals surface area contributed by atoms with E-state index >= 15 is 0 Å². The molecule has 12 heteroatoms. The molecule has 178 valence electrons. The number of aromatic amines is 1. The van der Waals surface area contributed by atoms with Crippen molar-refractivity contribution in [3.63, 3.8) is 0 Å². The highest BCUT2D eigenvalue weighted by molar-refractivity contribution is 6.74. The number of fused-ring (bicyclic) bond motifs is 1. The lowest BCUT2D eigenvalue weighted by Crippen LogP contribution is -2.44. The summed E-state index contributed by atoms with van der Waals surface area (Å²) in [6, 6.07) is 0. The lowest BCUT2D eigenvalue weighted by Gasteiger charge is -2.37. The van der Waals surface area contributed by atoms with E-state index in [0.717, 1.165) is 0 Å². The van der Waals surface area contributed by atoms with Crippen LogP contribution in [0.25, 0.3) is 11.2 Å². The number of aromatic nitrogens is 4. The van der Waals surface area contributed by atoms with Gasteiger partial charge in [0.1, 0.15) is 12.2 Å². The monoisotopic (exact) mass is 469 g/mol. The molecule has 4 atom stereocenters. The number of aliphatic hydroxyl groups excluding tert-OH is 1. The first-order valence-electron chi connectivity index (χ1n) is 10.6. The molecule has 1 saturated heterocycles. The van der Waals surface area contributed by atoms with Crippen molar-refractivity contribution >= 4 is 31.3 Å². The molecule has 0 aromatic carbocycles. The predicted molar refractivity (Wildman–Crippen MR) is 120 cm³/mol. The summed E-state index contributed by atoms with van der Waals surface area (Å²) in [6.45, 7) is 13.7. The Kier molecular flexibility index (Phi) is 6.62. The maximum atomic E-state index is 14.9. The van der Waals surface area contributed by atoms with Gasteiger partial charge in [0.15, 0.2) is 31.9 Å². The summed E-state index contributed by atoms with van der Waals surface area (Å²) in [7, 11) is -2.14. The van der Waals surface area contributed by atoms with Gasteiger partial charge in [0.2, 0.25) is 11.9 Å². The average Bonchev–Trinajstić information content (AvgIpc) is 3.21. The van der Waals surface area contributed by atoms with Crippen LogP contribution in [0, 0.1) is 5.92 Å². The average molecular weight is 470 g/mol. The summed E-state index contributed by atoms with van der Waals surface area (Å²) in [5.74, 6) is -0.720. The molecule has 0 spiro atoms. The van der Waals surface area contributed by atoms with Crippen molar-refractivity contribution in [2.75, 3.05) is 11.9 Å². The number of carbonyl (C=O) groups excluding carboxylic acids is 1. The summed E-state index contributed by atoms with van der Waals surface area (Å²) in [5, 5.41) is 13.0. The first-order chi connectivity index (χ1) is 14.7. The molecule has 0 saturated carbocycles. The molecular formula is C20H32FN5O5Si. The summed E-state index contributed by atoms with van der Waals surface area (Å²) in [5.41, 5.74) is -0.523. The molecule has 1 amide bonds. The first-order valence-corrected chi connectivity index (χ1v) is 13.5. The zero-order chi connectivity index (χ0) is 24.0. The van der Waals surface area contributed by atoms with E-state index in [9.17, 15) is 19.1 Å². The van der Waals surface area contributed by atoms with E-state index in [2.05, 4.69) is 54.1 Å². The molecule has 0 aliphatic carbocycles. The first kappa shape index (κ1) is 24.5. The third-order valence-corrected chi connectivity index (χ3v) is 10.7. The number of rotatable bonds is 6. The van der Waals surface area contributed by atoms with E-state index in [1.807, 2.05) is 0 Å². The molecule has 3 rings (SSSR count). The summed E-state index contributed by atoms with van der Waals surface area (Å²) >= 11 is 0. The van der Waals surface area contributed by atoms with Crippen molar-refractivity contribution in [1.82, 2.24) is 19.5 Å². The van der Waals surface area contributed by atoms with Gasteiger partial charge in [-0.3, -0.25) is 24.5 Å². The van der Waals surface area contributed by atoms with Crippen LogP contribution < -0.4 is 10.9 Å². The number of alkyl halides is 1. The Balaban J connectivity index is 1.86. The van der Waals surface area contributed by atoms with Gasteiger partial charge in [0.05, 0.1) is 12.9 Å². The molecule has 10 nitrogen and oxygen atoms in total. The summed E-state index contributed by atoms with van der Waals surface area (Å²) in [6.07, 6.45) is -4.06. The highest BCUT2D eigenvalue weighted by Gasteiger charge is 2.47. The summed E-state index contributed by atoms with van der Waals surface area (Å²) < 4.78 is 28.1. The molecule has 2 aromatic rings. The van der Waals surface area contributed by atoms with Gasteiger partial charge in [0.25, 0.3) is 5.56 Å². The van der Waals surface area contributed by atoms with Crippen LogP contribution in [0.4, 0.5) is 10.3 Å². The molecule has 1 unspecified atom stereocenters. The number of carbonyl (C=O) groups is 1. The van der Waals surface area contributed by atoms with Crippen molar-refractivity contribution in [3.8, 4) is 0 Å². The van der Waals surface area contributed by atoms with Crippen LogP contribution in [0.1, 0.15) is 40.8 Å². The highest BCUT2D eigenvalue weighted by atomic mass is 28.4. The Morgan fingerprint density at radius 2 is 2.09 bits per heavy atom. The minimum absolute atomic E-state index is 0.00154. The molecule has 0 bridgehead atoms. The third-order valence-electron chi connectivity index (χ3n) is 6.17. The van der Waals surface area contributed by atoms with E-state index in [-0.39, 0.29) is 40.6 Å². The number of nitrogens with zero attached hydrogens (tertiary/aromatic N) is 3. The number of H-pyrrole nitrogens is 1. The van der Waals surface area contributed by atoms with Gasteiger partial charge in [-0.25, -0.2) is 9.37 Å². The second-order valence-corrected chi connectivity index (χ2v) is 14.8. The van der Waals surface area contributed by atoms with Crippen molar-refractivity contribution in [1.29, 1.82) is 0 Å². The molecule has 0 radical (unpaired) electrons. The van der Waals surface area contributed by atoms with Crippen LogP contribution in [-0.4, -0.2) is 63.8 Å². The number of halogens is 1. The Morgan fingerprint density at radius 1 is 1.44 bits per heavy atom. The van der Waals surface area contributed by atoms with Crippen LogP contribution in [-0.2, 0) is 14.0 Å². The molecule has 1 aliphatic heterocycles. The van der Waals surface area contributed by atoms with E-state index in [4.69, 9.17) is 9.16 Å².